The van der Waals surface area contributed by atoms with Gasteiger partial charge in [-0.2, -0.15) is 0 Å². The summed E-state index contributed by atoms with van der Waals surface area (Å²) < 4.78 is 4.05. The predicted octanol–water partition coefficient (Wildman–Crippen LogP) is -0.269. The lowest BCUT2D eigenvalue weighted by Crippen LogP contribution is -2.18. The number of hydrogen-bond acceptors (Lipinski definition) is 5. The molecule has 6 N–H and O–H groups in total. The van der Waals surface area contributed by atoms with Crippen LogP contribution in [0.4, 0.5) is 0 Å². The second kappa shape index (κ2) is 31.6. The molecule has 0 aromatic rings. The van der Waals surface area contributed by atoms with E-state index in [4.69, 9.17) is 15.2 Å². The zero-order valence-electron chi connectivity index (χ0n) is 7.28. The van der Waals surface area contributed by atoms with Gasteiger partial charge in [-0.25, -0.2) is 0 Å². The van der Waals surface area contributed by atoms with Crippen molar-refractivity contribution in [2.24, 2.45) is 0 Å². The Balaban J connectivity index is -0.0000000560. The van der Waals surface area contributed by atoms with Crippen LogP contribution in [0.3, 0.4) is 0 Å². The molecule has 0 aromatic heterocycles. The Bertz CT molecular complexity index is 63.5. The molecule has 12 heavy (non-hydrogen) atoms. The summed E-state index contributed by atoms with van der Waals surface area (Å²) in [6.45, 7) is 11.8. The quantitative estimate of drug-likeness (QED) is 0.352. The molecule has 0 atom stereocenters. The van der Waals surface area contributed by atoms with Crippen molar-refractivity contribution in [3.8, 4) is 0 Å². The molecule has 0 unspecified atom stereocenters. The monoisotopic (exact) mass is 179 g/mol. The van der Waals surface area contributed by atoms with Gasteiger partial charge in [-0.15, -0.1) is 26.3 Å². The number of hydrogen-bond donors (Lipinski definition) is 4. The molecule has 0 rings (SSSR count). The summed E-state index contributed by atoms with van der Waals surface area (Å²) in [4.78, 5) is 0. The van der Waals surface area contributed by atoms with Gasteiger partial charge in [-0.05, 0) is 0 Å². The van der Waals surface area contributed by atoms with Crippen LogP contribution in [0.2, 0.25) is 0 Å². The highest BCUT2D eigenvalue weighted by atomic mass is 16.6. The van der Waals surface area contributed by atoms with Crippen LogP contribution in [0, 0.1) is 0 Å². The molecule has 6 heteroatoms. The van der Waals surface area contributed by atoms with E-state index in [-0.39, 0.29) is 19.4 Å². The van der Waals surface area contributed by atoms with Gasteiger partial charge >= 0.3 is 7.32 Å². The third-order valence-electron chi connectivity index (χ3n) is 0.358. The normalized spacial score (nSPS) is 5.92. The first kappa shape index (κ1) is 22.5. The topological polar surface area (TPSA) is 105 Å². The highest BCUT2D eigenvalue weighted by Gasteiger charge is 2.05. The lowest BCUT2D eigenvalue weighted by atomic mass is 10.3. The van der Waals surface area contributed by atoms with E-state index in [1.165, 1.54) is 0 Å². The van der Waals surface area contributed by atoms with Gasteiger partial charge in [0, 0.05) is 0 Å². The Kier molecular flexibility index (Phi) is 59.3. The van der Waals surface area contributed by atoms with E-state index in [1.807, 2.05) is 0 Å². The van der Waals surface area contributed by atoms with Crippen LogP contribution in [0.15, 0.2) is 26.3 Å². The Morgan fingerprint density at radius 2 is 1.42 bits per heavy atom. The van der Waals surface area contributed by atoms with Crippen molar-refractivity contribution in [2.45, 2.75) is 0 Å². The molecule has 0 radical (unpaired) electrons. The fourth-order valence-corrected chi connectivity index (χ4v) is 0.158. The van der Waals surface area contributed by atoms with Crippen molar-refractivity contribution in [3.63, 3.8) is 0 Å². The Morgan fingerprint density at radius 1 is 1.08 bits per heavy atom. The van der Waals surface area contributed by atoms with Gasteiger partial charge in [0.25, 0.3) is 0 Å². The molecule has 0 fully saturated rings. The molecular weight excluding hydrogens is 161 g/mol. The average Bonchev–Trinajstić information content (AvgIpc) is 2.08. The van der Waals surface area contributed by atoms with Crippen molar-refractivity contribution in [3.05, 3.63) is 26.3 Å². The molecule has 5 nitrogen and oxygen atoms in total. The SMILES string of the molecule is C=C.C=C.N.OCCOB(O)O. The standard InChI is InChI=1S/C2H7BO4.2C2H4.H3N/c4-1-2-7-3(5)6;2*1-2;/h4-6H,1-2H2;2*1-2H2;1H3. The summed E-state index contributed by atoms with van der Waals surface area (Å²) >= 11 is 0. The molecular formula is C6H18BNO4. The number of aliphatic hydroxyl groups is 1. The van der Waals surface area contributed by atoms with Gasteiger partial charge in [0.05, 0.1) is 13.2 Å². The maximum absolute atomic E-state index is 7.97. The van der Waals surface area contributed by atoms with E-state index in [9.17, 15) is 0 Å². The molecule has 0 heterocycles. The maximum atomic E-state index is 7.97. The fraction of sp³-hybridized carbons (Fsp3) is 0.333. The largest absolute Gasteiger partial charge is 0.633 e. The summed E-state index contributed by atoms with van der Waals surface area (Å²) in [7, 11) is -1.76. The summed E-state index contributed by atoms with van der Waals surface area (Å²) in [6.07, 6.45) is 0. The summed E-state index contributed by atoms with van der Waals surface area (Å²) in [5, 5.41) is 23.8. The van der Waals surface area contributed by atoms with Crippen LogP contribution in [0.5, 0.6) is 0 Å². The second-order valence-corrected chi connectivity index (χ2v) is 0.921. The minimum Gasteiger partial charge on any atom is -0.402 e. The van der Waals surface area contributed by atoms with Crippen molar-refractivity contribution in [1.29, 1.82) is 0 Å². The van der Waals surface area contributed by atoms with Gasteiger partial charge in [-0.1, -0.05) is 0 Å². The third-order valence-corrected chi connectivity index (χ3v) is 0.358. The Labute approximate surface area is 73.8 Å². The molecule has 0 spiro atoms. The minimum absolute atomic E-state index is 0. The molecule has 0 aliphatic heterocycles. The highest BCUT2D eigenvalue weighted by Crippen LogP contribution is 1.70. The van der Waals surface area contributed by atoms with Crippen molar-refractivity contribution in [2.75, 3.05) is 13.2 Å². The average molecular weight is 179 g/mol. The Hall–Kier alpha value is -0.655. The van der Waals surface area contributed by atoms with E-state index in [2.05, 4.69) is 31.0 Å². The number of aliphatic hydroxyl groups excluding tert-OH is 1. The molecule has 0 aromatic carbocycles. The zero-order chi connectivity index (χ0) is 9.70. The smallest absolute Gasteiger partial charge is 0.402 e. The molecule has 0 aliphatic rings. The summed E-state index contributed by atoms with van der Waals surface area (Å²) in [6, 6.07) is 0. The van der Waals surface area contributed by atoms with E-state index >= 15 is 0 Å². The van der Waals surface area contributed by atoms with Gasteiger partial charge in [0.15, 0.2) is 0 Å². The van der Waals surface area contributed by atoms with E-state index in [0.717, 1.165) is 0 Å². The highest BCUT2D eigenvalue weighted by molar-refractivity contribution is 6.32. The van der Waals surface area contributed by atoms with E-state index in [1.54, 1.807) is 0 Å². The molecule has 0 saturated carbocycles. The lowest BCUT2D eigenvalue weighted by Gasteiger charge is -1.95. The predicted molar refractivity (Wildman–Crippen MR) is 50.8 cm³/mol. The number of rotatable bonds is 3. The lowest BCUT2D eigenvalue weighted by molar-refractivity contribution is 0.141. The maximum Gasteiger partial charge on any atom is 0.633 e. The minimum atomic E-state index is -1.76. The second-order valence-electron chi connectivity index (χ2n) is 0.921. The first-order chi connectivity index (χ1) is 5.27. The third kappa shape index (κ3) is 58.2. The van der Waals surface area contributed by atoms with Crippen LogP contribution in [-0.4, -0.2) is 35.7 Å². The molecule has 0 bridgehead atoms. The molecule has 0 aliphatic carbocycles. The molecule has 0 saturated heterocycles. The van der Waals surface area contributed by atoms with Crippen molar-refractivity contribution >= 4 is 7.32 Å². The summed E-state index contributed by atoms with van der Waals surface area (Å²) in [5.41, 5.74) is 0. The molecule has 74 valence electrons. The zero-order valence-corrected chi connectivity index (χ0v) is 7.28. The fourth-order valence-electron chi connectivity index (χ4n) is 0.158. The van der Waals surface area contributed by atoms with E-state index < -0.39 is 7.32 Å². The van der Waals surface area contributed by atoms with Gasteiger partial charge in [0.1, 0.15) is 0 Å². The first-order valence-electron chi connectivity index (χ1n) is 2.86. The Morgan fingerprint density at radius 3 is 1.50 bits per heavy atom. The van der Waals surface area contributed by atoms with Gasteiger partial charge < -0.3 is 26.0 Å². The van der Waals surface area contributed by atoms with Crippen LogP contribution in [0.25, 0.3) is 0 Å². The van der Waals surface area contributed by atoms with Gasteiger partial charge in [-0.3, -0.25) is 0 Å². The van der Waals surface area contributed by atoms with Gasteiger partial charge in [0.2, 0.25) is 0 Å². The summed E-state index contributed by atoms with van der Waals surface area (Å²) in [5.74, 6) is 0. The van der Waals surface area contributed by atoms with Crippen LogP contribution >= 0.6 is 0 Å². The molecule has 0 amide bonds. The first-order valence-corrected chi connectivity index (χ1v) is 2.86. The van der Waals surface area contributed by atoms with Crippen molar-refractivity contribution in [1.82, 2.24) is 6.15 Å². The van der Waals surface area contributed by atoms with Crippen molar-refractivity contribution < 1.29 is 19.8 Å². The van der Waals surface area contributed by atoms with Crippen LogP contribution < -0.4 is 6.15 Å². The van der Waals surface area contributed by atoms with Crippen LogP contribution in [-0.2, 0) is 4.65 Å². The van der Waals surface area contributed by atoms with Crippen LogP contribution in [0.1, 0.15) is 0 Å². The van der Waals surface area contributed by atoms with E-state index in [0.29, 0.717) is 0 Å².